The highest BCUT2D eigenvalue weighted by molar-refractivity contribution is 5.98. The van der Waals surface area contributed by atoms with Crippen LogP contribution in [0.2, 0.25) is 0 Å². The fraction of sp³-hybridized carbons (Fsp3) is 0.500. The van der Waals surface area contributed by atoms with Gasteiger partial charge in [-0.2, -0.15) is 0 Å². The Labute approximate surface area is 392 Å². The summed E-state index contributed by atoms with van der Waals surface area (Å²) in [5.41, 5.74) is 21.2. The largest absolute Gasteiger partial charge is 0.508 e. The number of aliphatic carboxylic acids is 1. The number of aromatic hydroxyl groups is 1. The van der Waals surface area contributed by atoms with Crippen LogP contribution >= 0.6 is 0 Å². The zero-order valence-electron chi connectivity index (χ0n) is 38.3. The molecular formula is C44H66N11O13+. The first-order valence-corrected chi connectivity index (χ1v) is 22.0. The highest BCUT2D eigenvalue weighted by Crippen LogP contribution is 2.14. The van der Waals surface area contributed by atoms with Crippen molar-refractivity contribution in [1.29, 1.82) is 0 Å². The number of hydrogen-bond donors (Lipinski definition) is 14. The number of nitrogens with two attached hydrogens (primary N) is 3. The summed E-state index contributed by atoms with van der Waals surface area (Å²) in [7, 11) is 0. The van der Waals surface area contributed by atoms with E-state index >= 15 is 0 Å². The van der Waals surface area contributed by atoms with Gasteiger partial charge in [0.2, 0.25) is 53.2 Å². The molecule has 0 radical (unpaired) electrons. The van der Waals surface area contributed by atoms with E-state index in [9.17, 15) is 63.3 Å². The first-order valence-electron chi connectivity index (χ1n) is 22.0. The molecule has 0 saturated heterocycles. The molecule has 9 amide bonds. The van der Waals surface area contributed by atoms with E-state index in [0.29, 0.717) is 30.5 Å². The van der Waals surface area contributed by atoms with Gasteiger partial charge in [-0.1, -0.05) is 56.3 Å². The van der Waals surface area contributed by atoms with Crippen molar-refractivity contribution in [2.24, 2.45) is 23.1 Å². The van der Waals surface area contributed by atoms with E-state index in [1.54, 1.807) is 44.2 Å². The lowest BCUT2D eigenvalue weighted by Crippen LogP contribution is -2.61. The van der Waals surface area contributed by atoms with Gasteiger partial charge in [0, 0.05) is 19.3 Å². The molecule has 0 spiro atoms. The zero-order valence-corrected chi connectivity index (χ0v) is 38.3. The van der Waals surface area contributed by atoms with Crippen molar-refractivity contribution in [3.63, 3.8) is 0 Å². The van der Waals surface area contributed by atoms with Gasteiger partial charge in [-0.05, 0) is 61.8 Å². The standard InChI is InChI=1S/C44H65N11O13/c1-23(2)36(44(67)68)55-43(66)33(22-56)54-41(64)30(19-25-9-5-4-6-10-25)52-39(62)29(16-17-34(47)58)50-38(61)28(11-7-8-18-45)49-40(63)31(20-26-12-14-27(57)15-13-26)53-42(65)32(21-35(48)59)51-37(60)24(3)46/h4-6,9-10,12-15,23-24,28-33,36,56-57H,7-8,11,16-22,45-46H2,1-3H3,(H2,47,58)(H2,48,59)(H,49,63)(H,50,61)(H,51,60)(H,52,62)(H,53,65)(H,54,64)(H,55,66)(H,67,68)/p+1/t24-,28-,29-,30-,31-,32-,33-,36-/m0/s1. The predicted molar refractivity (Wildman–Crippen MR) is 243 cm³/mol. The molecule has 24 heteroatoms. The number of carbonyl (C=O) groups is 10. The van der Waals surface area contributed by atoms with Crippen molar-refractivity contribution >= 4 is 59.1 Å². The minimum atomic E-state index is -1.66. The molecule has 0 bridgehead atoms. The summed E-state index contributed by atoms with van der Waals surface area (Å²) in [6.45, 7) is 3.91. The molecule has 2 rings (SSSR count). The molecule has 0 saturated carbocycles. The molecule has 19 N–H and O–H groups in total. The van der Waals surface area contributed by atoms with Crippen LogP contribution in [0.15, 0.2) is 54.6 Å². The number of phenolic OH excluding ortho intramolecular Hbond substituents is 1. The molecule has 24 nitrogen and oxygen atoms in total. The van der Waals surface area contributed by atoms with Gasteiger partial charge < -0.3 is 75.5 Å². The van der Waals surface area contributed by atoms with E-state index in [0.717, 1.165) is 0 Å². The van der Waals surface area contributed by atoms with Crippen molar-refractivity contribution in [3.8, 4) is 5.75 Å². The molecule has 0 unspecified atom stereocenters. The SMILES string of the molecule is CC(C)[C@H](NC(=O)[C@H](CO)NC(=O)[C@H](Cc1ccccc1)NC(=O)[C@H](CCC(N)=O)NC(=O)[C@H](CCCC[NH3+])NC(=O)[C@H](Cc1ccc(O)cc1)NC(=O)[C@H](CC(N)=O)NC(=O)[C@H](C)N)C(=O)O. The summed E-state index contributed by atoms with van der Waals surface area (Å²) in [5.74, 6) is -10.5. The fourth-order valence-electron chi connectivity index (χ4n) is 6.52. The van der Waals surface area contributed by atoms with Crippen LogP contribution in [-0.4, -0.2) is 136 Å². The Morgan fingerprint density at radius 3 is 1.46 bits per heavy atom. The van der Waals surface area contributed by atoms with Crippen LogP contribution in [-0.2, 0) is 60.8 Å². The number of aliphatic hydroxyl groups is 1. The number of carboxylic acids is 1. The quantitative estimate of drug-likeness (QED) is 0.0327. The third-order valence-electron chi connectivity index (χ3n) is 10.4. The van der Waals surface area contributed by atoms with E-state index in [2.05, 4.69) is 43.0 Å². The Kier molecular flexibility index (Phi) is 24.1. The van der Waals surface area contributed by atoms with Crippen molar-refractivity contribution in [2.45, 2.75) is 120 Å². The molecule has 0 aliphatic carbocycles. The average Bonchev–Trinajstić information content (AvgIpc) is 3.27. The van der Waals surface area contributed by atoms with E-state index < -0.39 is 139 Å². The molecule has 2 aromatic rings. The van der Waals surface area contributed by atoms with Crippen LogP contribution in [0, 0.1) is 5.92 Å². The minimum absolute atomic E-state index is 0.0327. The van der Waals surface area contributed by atoms with Gasteiger partial charge in [-0.25, -0.2) is 4.79 Å². The molecule has 8 atom stereocenters. The summed E-state index contributed by atoms with van der Waals surface area (Å²) < 4.78 is 0. The molecule has 0 fully saturated rings. The van der Waals surface area contributed by atoms with Crippen molar-refractivity contribution in [3.05, 3.63) is 65.7 Å². The molecule has 0 aromatic heterocycles. The number of primary amides is 2. The number of benzene rings is 2. The monoisotopic (exact) mass is 956 g/mol. The molecule has 374 valence electrons. The second kappa shape index (κ2) is 28.8. The van der Waals surface area contributed by atoms with Gasteiger partial charge in [0.1, 0.15) is 48.0 Å². The maximum Gasteiger partial charge on any atom is 0.326 e. The van der Waals surface area contributed by atoms with Crippen LogP contribution in [0.1, 0.15) is 70.4 Å². The zero-order chi connectivity index (χ0) is 51.1. The summed E-state index contributed by atoms with van der Waals surface area (Å²) in [4.78, 5) is 131. The second-order valence-corrected chi connectivity index (χ2v) is 16.5. The van der Waals surface area contributed by atoms with Gasteiger partial charge in [0.05, 0.1) is 25.6 Å². The molecule has 0 heterocycles. The average molecular weight is 957 g/mol. The second-order valence-electron chi connectivity index (χ2n) is 16.5. The first-order chi connectivity index (χ1) is 32.1. The topological polar surface area (TPSA) is 421 Å². The third kappa shape index (κ3) is 20.1. The smallest absolute Gasteiger partial charge is 0.326 e. The number of carbonyl (C=O) groups excluding carboxylic acids is 9. The van der Waals surface area contributed by atoms with Gasteiger partial charge in [-0.15, -0.1) is 0 Å². The number of aliphatic hydroxyl groups excluding tert-OH is 1. The highest BCUT2D eigenvalue weighted by atomic mass is 16.4. The molecule has 0 aliphatic rings. The van der Waals surface area contributed by atoms with Crippen LogP contribution in [0.3, 0.4) is 0 Å². The number of unbranched alkanes of at least 4 members (excludes halogenated alkanes) is 1. The molecule has 2 aromatic carbocycles. The third-order valence-corrected chi connectivity index (χ3v) is 10.4. The van der Waals surface area contributed by atoms with Crippen LogP contribution < -0.4 is 60.2 Å². The first kappa shape index (κ1) is 56.9. The van der Waals surface area contributed by atoms with Crippen LogP contribution in [0.4, 0.5) is 0 Å². The lowest BCUT2D eigenvalue weighted by Gasteiger charge is -2.28. The van der Waals surface area contributed by atoms with Gasteiger partial charge in [0.15, 0.2) is 0 Å². The number of nitrogens with one attached hydrogen (secondary N) is 7. The van der Waals surface area contributed by atoms with Gasteiger partial charge in [-0.3, -0.25) is 43.2 Å². The minimum Gasteiger partial charge on any atom is -0.508 e. The number of phenols is 1. The number of hydrogen-bond acceptors (Lipinski definition) is 13. The summed E-state index contributed by atoms with van der Waals surface area (Å²) >= 11 is 0. The van der Waals surface area contributed by atoms with Crippen molar-refractivity contribution < 1.29 is 69.0 Å². The molecule has 0 aliphatic heterocycles. The van der Waals surface area contributed by atoms with Crippen molar-refractivity contribution in [1.82, 2.24) is 37.2 Å². The lowest BCUT2D eigenvalue weighted by molar-refractivity contribution is -0.368. The maximum absolute atomic E-state index is 14.2. The van der Waals surface area contributed by atoms with Crippen LogP contribution in [0.5, 0.6) is 5.75 Å². The van der Waals surface area contributed by atoms with E-state index in [-0.39, 0.29) is 25.0 Å². The van der Waals surface area contributed by atoms with Gasteiger partial charge >= 0.3 is 5.97 Å². The maximum atomic E-state index is 14.2. The number of carboxylic acid groups (broad SMARTS) is 1. The Morgan fingerprint density at radius 2 is 1.00 bits per heavy atom. The molecule has 68 heavy (non-hydrogen) atoms. The molecular weight excluding hydrogens is 891 g/mol. The van der Waals surface area contributed by atoms with Crippen LogP contribution in [0.25, 0.3) is 0 Å². The fourth-order valence-corrected chi connectivity index (χ4v) is 6.52. The highest BCUT2D eigenvalue weighted by Gasteiger charge is 2.35. The number of rotatable bonds is 30. The van der Waals surface area contributed by atoms with E-state index in [1.807, 2.05) is 0 Å². The van der Waals surface area contributed by atoms with Crippen molar-refractivity contribution in [2.75, 3.05) is 13.2 Å². The summed E-state index contributed by atoms with van der Waals surface area (Å²) in [6.07, 6.45) is -1.15. The predicted octanol–water partition coefficient (Wildman–Crippen LogP) is -4.80. The Hall–Kier alpha value is -7.18. The number of amides is 9. The van der Waals surface area contributed by atoms with E-state index in [4.69, 9.17) is 17.2 Å². The lowest BCUT2D eigenvalue weighted by atomic mass is 10.0. The summed E-state index contributed by atoms with van der Waals surface area (Å²) in [6, 6.07) is 2.25. The summed E-state index contributed by atoms with van der Waals surface area (Å²) in [5, 5.41) is 46.5. The van der Waals surface area contributed by atoms with Gasteiger partial charge in [0.25, 0.3) is 0 Å². The normalized spacial score (nSPS) is 14.5. The Morgan fingerprint density at radius 1 is 0.559 bits per heavy atom. The Bertz CT molecular complexity index is 2060. The number of quaternary nitrogens is 1. The Balaban J connectivity index is 2.50. The van der Waals surface area contributed by atoms with E-state index in [1.165, 1.54) is 31.2 Å².